The molecule has 3 rings (SSSR count). The molecule has 0 aliphatic carbocycles. The Labute approximate surface area is 129 Å². The molecule has 0 bridgehead atoms. The monoisotopic (exact) mass is 304 g/mol. The Morgan fingerprint density at radius 2 is 1.86 bits per heavy atom. The maximum Gasteiger partial charge on any atom is 0.205 e. The van der Waals surface area contributed by atoms with E-state index in [1.54, 1.807) is 6.07 Å². The van der Waals surface area contributed by atoms with Gasteiger partial charge in [-0.05, 0) is 12.1 Å². The van der Waals surface area contributed by atoms with E-state index in [1.807, 2.05) is 18.2 Å². The van der Waals surface area contributed by atoms with Gasteiger partial charge in [-0.3, -0.25) is 0 Å². The van der Waals surface area contributed by atoms with Crippen LogP contribution in [-0.2, 0) is 0 Å². The third-order valence-electron chi connectivity index (χ3n) is 3.69. The number of aromatic hydroxyl groups is 1. The number of hydrogen-bond acceptors (Lipinski definition) is 6. The van der Waals surface area contributed by atoms with Crippen molar-refractivity contribution < 1.29 is 5.11 Å². The molecule has 1 saturated heterocycles. The molecule has 0 unspecified atom stereocenters. The maximum atomic E-state index is 9.57. The number of aromatic nitrogens is 2. The molecule has 1 aliphatic rings. The number of phenolic OH excluding ortho intramolecular Hbond substituents is 1. The van der Waals surface area contributed by atoms with Crippen molar-refractivity contribution in [1.29, 1.82) is 0 Å². The summed E-state index contributed by atoms with van der Waals surface area (Å²) < 4.78 is 4.42. The molecule has 0 amide bonds. The SMILES string of the molecule is CC(C)c1nsc(N2CCN(c3cccc(O)c3)CC2)n1. The Morgan fingerprint density at radius 1 is 1.14 bits per heavy atom. The smallest absolute Gasteiger partial charge is 0.205 e. The highest BCUT2D eigenvalue weighted by Gasteiger charge is 2.21. The molecule has 1 aromatic heterocycles. The van der Waals surface area contributed by atoms with E-state index >= 15 is 0 Å². The van der Waals surface area contributed by atoms with Gasteiger partial charge in [-0.1, -0.05) is 19.9 Å². The molecule has 6 heteroatoms. The highest BCUT2D eigenvalue weighted by atomic mass is 32.1. The third-order valence-corrected chi connectivity index (χ3v) is 4.48. The van der Waals surface area contributed by atoms with Gasteiger partial charge in [-0.15, -0.1) is 0 Å². The van der Waals surface area contributed by atoms with E-state index in [-0.39, 0.29) is 0 Å². The van der Waals surface area contributed by atoms with Crippen molar-refractivity contribution in [2.24, 2.45) is 0 Å². The second kappa shape index (κ2) is 5.89. The van der Waals surface area contributed by atoms with Crippen LogP contribution in [0.1, 0.15) is 25.6 Å². The molecule has 5 nitrogen and oxygen atoms in total. The highest BCUT2D eigenvalue weighted by Crippen LogP contribution is 2.25. The van der Waals surface area contributed by atoms with Crippen LogP contribution in [0.5, 0.6) is 5.75 Å². The molecule has 1 aliphatic heterocycles. The van der Waals surface area contributed by atoms with Gasteiger partial charge in [0.05, 0.1) is 0 Å². The zero-order valence-corrected chi connectivity index (χ0v) is 13.2. The fraction of sp³-hybridized carbons (Fsp3) is 0.467. The summed E-state index contributed by atoms with van der Waals surface area (Å²) in [5, 5.41) is 10.6. The third kappa shape index (κ3) is 3.10. The Balaban J connectivity index is 1.64. The van der Waals surface area contributed by atoms with Crippen LogP contribution >= 0.6 is 11.5 Å². The standard InChI is InChI=1S/C15H20N4OS/c1-11(2)14-16-15(21-17-14)19-8-6-18(7-9-19)12-4-3-5-13(20)10-12/h3-5,10-11,20H,6-9H2,1-2H3. The molecule has 2 aromatic rings. The number of hydrogen-bond donors (Lipinski definition) is 1. The van der Waals surface area contributed by atoms with E-state index in [4.69, 9.17) is 0 Å². The first-order chi connectivity index (χ1) is 10.1. The molecule has 1 aromatic carbocycles. The van der Waals surface area contributed by atoms with E-state index in [1.165, 1.54) is 11.5 Å². The maximum absolute atomic E-state index is 9.57. The quantitative estimate of drug-likeness (QED) is 0.945. The Hall–Kier alpha value is -1.82. The number of anilines is 2. The van der Waals surface area contributed by atoms with Crippen molar-refractivity contribution in [3.05, 3.63) is 30.1 Å². The summed E-state index contributed by atoms with van der Waals surface area (Å²) in [7, 11) is 0. The number of piperazine rings is 1. The van der Waals surface area contributed by atoms with Gasteiger partial charge in [0.15, 0.2) is 0 Å². The van der Waals surface area contributed by atoms with E-state index in [0.717, 1.165) is 42.8 Å². The number of nitrogens with zero attached hydrogens (tertiary/aromatic N) is 4. The summed E-state index contributed by atoms with van der Waals surface area (Å²) in [6.07, 6.45) is 0. The van der Waals surface area contributed by atoms with Crippen molar-refractivity contribution in [3.8, 4) is 5.75 Å². The largest absolute Gasteiger partial charge is 0.508 e. The van der Waals surface area contributed by atoms with Crippen LogP contribution in [0.3, 0.4) is 0 Å². The molecule has 1 N–H and O–H groups in total. The van der Waals surface area contributed by atoms with Gasteiger partial charge in [-0.2, -0.15) is 4.37 Å². The molecule has 1 fully saturated rings. The van der Waals surface area contributed by atoms with Crippen molar-refractivity contribution in [1.82, 2.24) is 9.36 Å². The average molecular weight is 304 g/mol. The second-order valence-electron chi connectivity index (χ2n) is 5.58. The summed E-state index contributed by atoms with van der Waals surface area (Å²) in [4.78, 5) is 9.21. The minimum Gasteiger partial charge on any atom is -0.508 e. The van der Waals surface area contributed by atoms with Gasteiger partial charge in [0.1, 0.15) is 11.6 Å². The van der Waals surface area contributed by atoms with Crippen molar-refractivity contribution in [3.63, 3.8) is 0 Å². The van der Waals surface area contributed by atoms with Gasteiger partial charge in [-0.25, -0.2) is 4.98 Å². The summed E-state index contributed by atoms with van der Waals surface area (Å²) in [6.45, 7) is 7.96. The zero-order chi connectivity index (χ0) is 14.8. The number of benzene rings is 1. The first kappa shape index (κ1) is 14.1. The van der Waals surface area contributed by atoms with Gasteiger partial charge in [0, 0.05) is 55.4 Å². The first-order valence-electron chi connectivity index (χ1n) is 7.26. The van der Waals surface area contributed by atoms with Crippen LogP contribution in [0.25, 0.3) is 0 Å². The van der Waals surface area contributed by atoms with E-state index in [9.17, 15) is 5.11 Å². The van der Waals surface area contributed by atoms with Gasteiger partial charge in [0.25, 0.3) is 0 Å². The summed E-state index contributed by atoms with van der Waals surface area (Å²) in [6, 6.07) is 7.44. The Morgan fingerprint density at radius 3 is 2.48 bits per heavy atom. The fourth-order valence-corrected chi connectivity index (χ4v) is 3.29. The van der Waals surface area contributed by atoms with Crippen molar-refractivity contribution in [2.45, 2.75) is 19.8 Å². The number of phenols is 1. The Bertz CT molecular complexity index is 605. The second-order valence-corrected chi connectivity index (χ2v) is 6.31. The van der Waals surface area contributed by atoms with Gasteiger partial charge >= 0.3 is 0 Å². The van der Waals surface area contributed by atoms with E-state index in [2.05, 4.69) is 33.0 Å². The first-order valence-corrected chi connectivity index (χ1v) is 8.03. The number of rotatable bonds is 3. The predicted molar refractivity (Wildman–Crippen MR) is 86.5 cm³/mol. The molecule has 0 radical (unpaired) electrons. The molecule has 112 valence electrons. The van der Waals surface area contributed by atoms with Crippen LogP contribution in [-0.4, -0.2) is 40.6 Å². The fourth-order valence-electron chi connectivity index (χ4n) is 2.44. The lowest BCUT2D eigenvalue weighted by Crippen LogP contribution is -2.46. The van der Waals surface area contributed by atoms with Crippen LogP contribution in [0, 0.1) is 0 Å². The predicted octanol–water partition coefficient (Wildman–Crippen LogP) is 2.69. The average Bonchev–Trinajstić information content (AvgIpc) is 2.97. The van der Waals surface area contributed by atoms with Crippen LogP contribution in [0.4, 0.5) is 10.8 Å². The molecule has 2 heterocycles. The van der Waals surface area contributed by atoms with Crippen molar-refractivity contribution >= 4 is 22.4 Å². The highest BCUT2D eigenvalue weighted by molar-refractivity contribution is 7.09. The van der Waals surface area contributed by atoms with Crippen LogP contribution in [0.15, 0.2) is 24.3 Å². The lowest BCUT2D eigenvalue weighted by Gasteiger charge is -2.35. The van der Waals surface area contributed by atoms with Gasteiger partial charge < -0.3 is 14.9 Å². The topological polar surface area (TPSA) is 52.5 Å². The molecule has 0 saturated carbocycles. The normalized spacial score (nSPS) is 15.8. The Kier molecular flexibility index (Phi) is 3.96. The molecule has 0 spiro atoms. The lowest BCUT2D eigenvalue weighted by atomic mass is 10.2. The molecular weight excluding hydrogens is 284 g/mol. The molecular formula is C15H20N4OS. The van der Waals surface area contributed by atoms with E-state index in [0.29, 0.717) is 11.7 Å². The molecule has 0 atom stereocenters. The summed E-state index contributed by atoms with van der Waals surface area (Å²) in [5.74, 6) is 1.63. The summed E-state index contributed by atoms with van der Waals surface area (Å²) >= 11 is 1.49. The van der Waals surface area contributed by atoms with Crippen molar-refractivity contribution in [2.75, 3.05) is 36.0 Å². The minimum atomic E-state index is 0.320. The lowest BCUT2D eigenvalue weighted by molar-refractivity contribution is 0.475. The molecule has 21 heavy (non-hydrogen) atoms. The van der Waals surface area contributed by atoms with Crippen LogP contribution < -0.4 is 9.80 Å². The van der Waals surface area contributed by atoms with Gasteiger partial charge in [0.2, 0.25) is 5.13 Å². The minimum absolute atomic E-state index is 0.320. The summed E-state index contributed by atoms with van der Waals surface area (Å²) in [5.41, 5.74) is 1.08. The van der Waals surface area contributed by atoms with Crippen LogP contribution in [0.2, 0.25) is 0 Å². The zero-order valence-electron chi connectivity index (χ0n) is 12.4. The van der Waals surface area contributed by atoms with E-state index < -0.39 is 0 Å².